The zero-order chi connectivity index (χ0) is 19.4. The Hall–Kier alpha value is -3.19. The number of nitrogens with zero attached hydrogens (tertiary/aromatic N) is 2. The van der Waals surface area contributed by atoms with Gasteiger partial charge in [0.1, 0.15) is 18.2 Å². The highest BCUT2D eigenvalue weighted by molar-refractivity contribution is 6.15. The molecule has 0 amide bonds. The van der Waals surface area contributed by atoms with Crippen molar-refractivity contribution >= 4 is 17.5 Å². The summed E-state index contributed by atoms with van der Waals surface area (Å²) < 4.78 is 11.9. The summed E-state index contributed by atoms with van der Waals surface area (Å²) in [5.41, 5.74) is 2.78. The Balaban J connectivity index is 1.53. The number of benzene rings is 2. The van der Waals surface area contributed by atoms with Gasteiger partial charge in [-0.25, -0.2) is 0 Å². The van der Waals surface area contributed by atoms with E-state index in [-0.39, 0.29) is 17.2 Å². The van der Waals surface area contributed by atoms with Crippen LogP contribution in [0.25, 0.3) is 6.08 Å². The molecule has 0 spiro atoms. The molecule has 7 heteroatoms. The summed E-state index contributed by atoms with van der Waals surface area (Å²) >= 11 is 0. The molecule has 0 saturated heterocycles. The number of carbonyl (C=O) groups is 1. The first-order chi connectivity index (χ1) is 13.5. The lowest BCUT2D eigenvalue weighted by Gasteiger charge is -2.30. The molecule has 7 nitrogen and oxygen atoms in total. The van der Waals surface area contributed by atoms with E-state index >= 15 is 0 Å². The van der Waals surface area contributed by atoms with Gasteiger partial charge in [-0.2, -0.15) is 0 Å². The number of nitro groups is 1. The van der Waals surface area contributed by atoms with Crippen molar-refractivity contribution < 1.29 is 19.2 Å². The average molecular weight is 378 g/mol. The van der Waals surface area contributed by atoms with Gasteiger partial charge in [0.15, 0.2) is 5.76 Å². The maximum Gasteiger partial charge on any atom is 0.270 e. The largest absolute Gasteiger partial charge is 0.478 e. The smallest absolute Gasteiger partial charge is 0.270 e. The Morgan fingerprint density at radius 2 is 2.11 bits per heavy atom. The van der Waals surface area contributed by atoms with Crippen LogP contribution in [0.4, 0.5) is 5.69 Å². The maximum absolute atomic E-state index is 13.0. The second kappa shape index (κ2) is 6.17. The Bertz CT molecular complexity index is 1060. The minimum absolute atomic E-state index is 0.0284. The molecule has 2 aromatic carbocycles. The number of Topliss-reactive ketones (excluding diaryl/α,β-unsaturated/α-hetero) is 1. The number of allylic oxidation sites excluding steroid dienone is 1. The predicted molar refractivity (Wildman–Crippen MR) is 101 cm³/mol. The normalized spacial score (nSPS) is 19.8. The number of ether oxygens (including phenoxy) is 2. The fraction of sp³-hybridized carbons (Fsp3) is 0.286. The molecule has 5 rings (SSSR count). The van der Waals surface area contributed by atoms with E-state index in [4.69, 9.17) is 9.47 Å². The van der Waals surface area contributed by atoms with E-state index in [0.717, 1.165) is 16.9 Å². The van der Waals surface area contributed by atoms with E-state index in [2.05, 4.69) is 4.90 Å². The minimum atomic E-state index is -0.460. The van der Waals surface area contributed by atoms with Gasteiger partial charge < -0.3 is 9.47 Å². The fourth-order valence-corrected chi connectivity index (χ4v) is 3.80. The summed E-state index contributed by atoms with van der Waals surface area (Å²) in [6, 6.07) is 8.58. The van der Waals surface area contributed by atoms with Crippen molar-refractivity contribution in [2.75, 3.05) is 6.73 Å². The standard InChI is InChI=1S/C21H18N2O5/c1-12-7-17-16(10-22(11-27-17)14-5-6-14)21-19(12)20(24)18(28-21)9-13-3-2-4-15(8-13)23(25)26/h2-4,7-9,14H,5-6,10-11H2,1H3/b18-9-. The molecule has 0 radical (unpaired) electrons. The third-order valence-corrected chi connectivity index (χ3v) is 5.39. The molecule has 2 heterocycles. The molecule has 3 aliphatic rings. The van der Waals surface area contributed by atoms with Crippen molar-refractivity contribution in [2.45, 2.75) is 32.4 Å². The molecule has 28 heavy (non-hydrogen) atoms. The van der Waals surface area contributed by atoms with E-state index in [0.29, 0.717) is 36.2 Å². The first-order valence-electron chi connectivity index (χ1n) is 9.23. The summed E-state index contributed by atoms with van der Waals surface area (Å²) in [5.74, 6) is 1.29. The Kier molecular flexibility index (Phi) is 3.73. The molecule has 0 unspecified atom stereocenters. The number of carbonyl (C=O) groups excluding carboxylic acids is 1. The van der Waals surface area contributed by atoms with Crippen LogP contribution in [-0.4, -0.2) is 28.4 Å². The topological polar surface area (TPSA) is 81.9 Å². The molecule has 2 aromatic rings. The van der Waals surface area contributed by atoms with Crippen LogP contribution in [-0.2, 0) is 6.54 Å². The van der Waals surface area contributed by atoms with Crippen LogP contribution in [0.5, 0.6) is 11.5 Å². The van der Waals surface area contributed by atoms with E-state index < -0.39 is 4.92 Å². The van der Waals surface area contributed by atoms with E-state index in [9.17, 15) is 14.9 Å². The number of non-ortho nitro benzene ring substituents is 1. The first-order valence-corrected chi connectivity index (χ1v) is 9.23. The van der Waals surface area contributed by atoms with Crippen LogP contribution < -0.4 is 9.47 Å². The second-order valence-electron chi connectivity index (χ2n) is 7.42. The van der Waals surface area contributed by atoms with Gasteiger partial charge in [-0.1, -0.05) is 12.1 Å². The molecule has 1 fully saturated rings. The van der Waals surface area contributed by atoms with E-state index in [1.165, 1.54) is 25.0 Å². The van der Waals surface area contributed by atoms with E-state index in [1.54, 1.807) is 18.2 Å². The van der Waals surface area contributed by atoms with Crippen molar-refractivity contribution in [1.82, 2.24) is 4.90 Å². The molecule has 1 aliphatic carbocycles. The summed E-state index contributed by atoms with van der Waals surface area (Å²) in [6.07, 6.45) is 3.90. The van der Waals surface area contributed by atoms with Crippen LogP contribution in [0, 0.1) is 17.0 Å². The molecule has 0 N–H and O–H groups in total. The number of nitro benzene ring substituents is 1. The van der Waals surface area contributed by atoms with Crippen molar-refractivity contribution in [1.29, 1.82) is 0 Å². The van der Waals surface area contributed by atoms with Crippen molar-refractivity contribution in [3.63, 3.8) is 0 Å². The number of aryl methyl sites for hydroxylation is 1. The van der Waals surface area contributed by atoms with Gasteiger partial charge in [-0.15, -0.1) is 0 Å². The zero-order valence-corrected chi connectivity index (χ0v) is 15.3. The van der Waals surface area contributed by atoms with Crippen LogP contribution in [0.15, 0.2) is 36.1 Å². The van der Waals surface area contributed by atoms with Gasteiger partial charge in [0, 0.05) is 24.7 Å². The molecule has 1 saturated carbocycles. The van der Waals surface area contributed by atoms with Gasteiger partial charge in [0.05, 0.1) is 16.1 Å². The van der Waals surface area contributed by atoms with Gasteiger partial charge in [0.25, 0.3) is 5.69 Å². The minimum Gasteiger partial charge on any atom is -0.478 e. The lowest BCUT2D eigenvalue weighted by atomic mass is 9.98. The summed E-state index contributed by atoms with van der Waals surface area (Å²) in [6.45, 7) is 3.12. The number of rotatable bonds is 3. The lowest BCUT2D eigenvalue weighted by Crippen LogP contribution is -2.34. The number of hydrogen-bond acceptors (Lipinski definition) is 6. The Morgan fingerprint density at radius 1 is 1.29 bits per heavy atom. The molecule has 142 valence electrons. The summed E-state index contributed by atoms with van der Waals surface area (Å²) in [7, 11) is 0. The van der Waals surface area contributed by atoms with Crippen LogP contribution in [0.1, 0.15) is 39.9 Å². The number of fused-ring (bicyclic) bond motifs is 3. The van der Waals surface area contributed by atoms with Crippen LogP contribution in [0.2, 0.25) is 0 Å². The van der Waals surface area contributed by atoms with Gasteiger partial charge in [0.2, 0.25) is 5.78 Å². The van der Waals surface area contributed by atoms with Crippen molar-refractivity contribution in [2.24, 2.45) is 0 Å². The lowest BCUT2D eigenvalue weighted by molar-refractivity contribution is -0.384. The fourth-order valence-electron chi connectivity index (χ4n) is 3.80. The highest BCUT2D eigenvalue weighted by Crippen LogP contribution is 2.45. The third-order valence-electron chi connectivity index (χ3n) is 5.39. The monoisotopic (exact) mass is 378 g/mol. The average Bonchev–Trinajstić information content (AvgIpc) is 3.47. The summed E-state index contributed by atoms with van der Waals surface area (Å²) in [5, 5.41) is 11.0. The Labute approximate surface area is 161 Å². The van der Waals surface area contributed by atoms with Gasteiger partial charge >= 0.3 is 0 Å². The van der Waals surface area contributed by atoms with Crippen LogP contribution in [0.3, 0.4) is 0 Å². The maximum atomic E-state index is 13.0. The van der Waals surface area contributed by atoms with Crippen molar-refractivity contribution in [3.8, 4) is 11.5 Å². The molecule has 0 aromatic heterocycles. The van der Waals surface area contributed by atoms with Gasteiger partial charge in [-0.3, -0.25) is 19.8 Å². The van der Waals surface area contributed by atoms with Crippen molar-refractivity contribution in [3.05, 3.63) is 68.5 Å². The quantitative estimate of drug-likeness (QED) is 0.459. The molecular weight excluding hydrogens is 360 g/mol. The van der Waals surface area contributed by atoms with Gasteiger partial charge in [-0.05, 0) is 43.0 Å². The van der Waals surface area contributed by atoms with Crippen LogP contribution >= 0.6 is 0 Å². The summed E-state index contributed by atoms with van der Waals surface area (Å²) in [4.78, 5) is 25.8. The van der Waals surface area contributed by atoms with E-state index in [1.807, 2.05) is 13.0 Å². The SMILES string of the molecule is Cc1cc2c(c3c1C(=O)/C(=C/c1cccc([N+](=O)[O-])c1)O3)CN(C1CC1)CO2. The second-order valence-corrected chi connectivity index (χ2v) is 7.42. The number of ketones is 1. The molecule has 0 bridgehead atoms. The first kappa shape index (κ1) is 16.9. The molecule has 2 aliphatic heterocycles. The zero-order valence-electron chi connectivity index (χ0n) is 15.3. The number of hydrogen-bond donors (Lipinski definition) is 0. The highest BCUT2D eigenvalue weighted by atomic mass is 16.6. The predicted octanol–water partition coefficient (Wildman–Crippen LogP) is 3.83. The Morgan fingerprint density at radius 3 is 2.86 bits per heavy atom. The molecule has 0 atom stereocenters. The third kappa shape index (κ3) is 2.75. The highest BCUT2D eigenvalue weighted by Gasteiger charge is 2.38. The molecular formula is C21H18N2O5.